The molecule has 0 radical (unpaired) electrons. The Morgan fingerprint density at radius 2 is 0.778 bits per heavy atom. The molecule has 5 aromatic carbocycles. The van der Waals surface area contributed by atoms with Gasteiger partial charge in [-0.1, -0.05) is 51.1 Å². The van der Waals surface area contributed by atoms with Crippen molar-refractivity contribution in [2.45, 2.75) is 253 Å². The third-order valence-corrected chi connectivity index (χ3v) is 36.4. The summed E-state index contributed by atoms with van der Waals surface area (Å²) in [5, 5.41) is 2.41. The first-order chi connectivity index (χ1) is 47.9. The third kappa shape index (κ3) is 15.7. The highest BCUT2D eigenvalue weighted by atomic mass is 32.2. The maximum absolute atomic E-state index is 13.3. The summed E-state index contributed by atoms with van der Waals surface area (Å²) in [7, 11) is 1.74. The van der Waals surface area contributed by atoms with Crippen molar-refractivity contribution < 1.29 is 33.3 Å². The zero-order valence-electron chi connectivity index (χ0n) is 61.4. The van der Waals surface area contributed by atoms with Crippen molar-refractivity contribution >= 4 is 72.3 Å². The van der Waals surface area contributed by atoms with E-state index in [0.29, 0.717) is 55.4 Å². The van der Waals surface area contributed by atoms with Gasteiger partial charge in [-0.3, -0.25) is 9.59 Å². The lowest BCUT2D eigenvalue weighted by atomic mass is 9.49. The van der Waals surface area contributed by atoms with Gasteiger partial charge in [0.05, 0.1) is 10.8 Å². The van der Waals surface area contributed by atoms with Crippen LogP contribution in [0.3, 0.4) is 0 Å². The standard InChI is InChI=1S/C26H31O3S.C24H33O2S.C23H31O2S.C15H23S/c27-25(29-26-19-12-17-11-18(14-19)15-20(26)13-17)16-28-23-7-8-24(30-9-3-4-10-30)22-6-2-1-5-21(22)23;1-16-8-21(27-6-4-3-5-7-27)9-17(2)22(16)26-23(25)24-13-18-10-19(14-24)12-20(11-18)15-24;1-15-7-20(26-5-3-4-6-26)8-16(2)21(15)25-22(24)23-12-17-9-18(13-23)11-19(10-17)14-23;1-15(2,3)13-7-9-14(10-8-13)16-11-5-4-6-12-16/h1-2,5-8,17-20,26H,3-4,9-16H2;8-9,18-20H,3-7,10-15H2,1-2H3;7-8,17-19H,3-6,9-14H2,1-2H3;7-10H,4-6,11-12H2,1-3H3/q4*+1. The Hall–Kier alpha value is -4.03. The average molecular weight is 1420 g/mol. The highest BCUT2D eigenvalue weighted by Gasteiger charge is 2.58. The van der Waals surface area contributed by atoms with Crippen LogP contribution in [0, 0.1) is 97.7 Å². The number of fused-ring (bicyclic) bond motifs is 1. The highest BCUT2D eigenvalue weighted by Crippen LogP contribution is 2.62. The Morgan fingerprint density at radius 1 is 0.414 bits per heavy atom. The molecule has 99 heavy (non-hydrogen) atoms. The molecule has 12 saturated carbocycles. The Morgan fingerprint density at radius 3 is 1.18 bits per heavy atom. The largest absolute Gasteiger partial charge is 0.481 e. The van der Waals surface area contributed by atoms with Gasteiger partial charge in [-0.2, -0.15) is 0 Å². The van der Waals surface area contributed by atoms with Crippen LogP contribution in [0.25, 0.3) is 10.8 Å². The molecule has 11 heteroatoms. The highest BCUT2D eigenvalue weighted by molar-refractivity contribution is 7.98. The smallest absolute Gasteiger partial charge is 0.344 e. The molecule has 0 unspecified atom stereocenters. The zero-order chi connectivity index (χ0) is 68.2. The van der Waals surface area contributed by atoms with Gasteiger partial charge in [-0.05, 0) is 348 Å². The molecule has 7 nitrogen and oxygen atoms in total. The Labute approximate surface area is 606 Å². The molecule has 0 atom stereocenters. The van der Waals surface area contributed by atoms with E-state index < -0.39 is 0 Å². The zero-order valence-corrected chi connectivity index (χ0v) is 64.6. The molecule has 12 bridgehead atoms. The van der Waals surface area contributed by atoms with Crippen molar-refractivity contribution in [3.8, 4) is 17.2 Å². The number of carbonyl (C=O) groups excluding carboxylic acids is 3. The molecule has 16 aliphatic rings. The summed E-state index contributed by atoms with van der Waals surface area (Å²) < 4.78 is 24.3. The number of aryl methyl sites for hydroxylation is 4. The van der Waals surface area contributed by atoms with Gasteiger partial charge in [0.25, 0.3) is 0 Å². The second-order valence-electron chi connectivity index (χ2n) is 35.1. The van der Waals surface area contributed by atoms with E-state index in [0.717, 1.165) is 131 Å². The first kappa shape index (κ1) is 70.6. The van der Waals surface area contributed by atoms with E-state index >= 15 is 0 Å². The molecule has 4 saturated heterocycles. The summed E-state index contributed by atoms with van der Waals surface area (Å²) in [5.41, 5.74) is 6.01. The summed E-state index contributed by atoms with van der Waals surface area (Å²) in [6.45, 7) is 15.4. The molecule has 16 fully saturated rings. The molecular formula is C88H118O7S4+4. The average Bonchev–Trinajstić information content (AvgIpc) is 1.76. The molecule has 0 spiro atoms. The minimum absolute atomic E-state index is 0.0118. The fourth-order valence-corrected chi connectivity index (χ4v) is 32.4. The monoisotopic (exact) mass is 1410 g/mol. The second-order valence-corrected chi connectivity index (χ2v) is 44.2. The molecule has 4 heterocycles. The van der Waals surface area contributed by atoms with Crippen molar-refractivity contribution in [3.63, 3.8) is 0 Å². The molecule has 0 amide bonds. The quantitative estimate of drug-likeness (QED) is 0.0698. The minimum atomic E-state index is -0.196. The van der Waals surface area contributed by atoms with Crippen LogP contribution >= 0.6 is 0 Å². The van der Waals surface area contributed by atoms with E-state index in [1.54, 1.807) is 4.90 Å². The van der Waals surface area contributed by atoms with Crippen LogP contribution in [0.15, 0.2) is 105 Å². The van der Waals surface area contributed by atoms with E-state index in [9.17, 15) is 14.4 Å². The SMILES string of the molecule is CC(C)(C)c1ccc([S+]2CCCCC2)cc1.Cc1cc([S+]2CCCC2)cc(C)c1OC(=O)C12CC3CC(CC(C3)C1)C2.Cc1cc([S+]2CCCCC2)cc(C)c1OC(=O)C12CC3CC(CC(C3)C1)C2.O=C(COc1ccc([S+]2CCCC2)c2ccccc12)OC1C2CC3CC(C2)CC1C3. The van der Waals surface area contributed by atoms with Crippen molar-refractivity contribution in [2.24, 2.45) is 70.0 Å². The van der Waals surface area contributed by atoms with Gasteiger partial charge in [0.2, 0.25) is 0 Å². The number of ether oxygens (including phenoxy) is 4. The maximum atomic E-state index is 13.3. The fourth-order valence-electron chi connectivity index (χ4n) is 22.7. The van der Waals surface area contributed by atoms with E-state index in [4.69, 9.17) is 18.9 Å². The molecule has 21 rings (SSSR count). The molecule has 532 valence electrons. The number of benzene rings is 5. The Kier molecular flexibility index (Phi) is 21.6. The maximum Gasteiger partial charge on any atom is 0.344 e. The summed E-state index contributed by atoms with van der Waals surface area (Å²) in [4.78, 5) is 45.3. The van der Waals surface area contributed by atoms with Gasteiger partial charge in [0.15, 0.2) is 26.2 Å². The number of hydrogen-bond acceptors (Lipinski definition) is 7. The molecule has 0 N–H and O–H groups in total. The van der Waals surface area contributed by atoms with Gasteiger partial charge in [-0.15, -0.1) is 0 Å². The number of carbonyl (C=O) groups is 3. The van der Waals surface area contributed by atoms with E-state index in [2.05, 4.69) is 133 Å². The van der Waals surface area contributed by atoms with Crippen LogP contribution in [0.5, 0.6) is 17.2 Å². The molecular weight excluding hydrogens is 1300 g/mol. The van der Waals surface area contributed by atoms with Crippen LogP contribution in [0.2, 0.25) is 0 Å². The van der Waals surface area contributed by atoms with Crippen LogP contribution in [0.1, 0.15) is 222 Å². The summed E-state index contributed by atoms with van der Waals surface area (Å²) in [5.74, 6) is 20.9. The first-order valence-corrected chi connectivity index (χ1v) is 45.9. The van der Waals surface area contributed by atoms with Gasteiger partial charge < -0.3 is 18.9 Å². The molecule has 4 aliphatic heterocycles. The molecule has 12 aliphatic carbocycles. The van der Waals surface area contributed by atoms with Crippen LogP contribution in [-0.2, 0) is 68.1 Å². The van der Waals surface area contributed by atoms with Crippen molar-refractivity contribution in [3.05, 3.63) is 113 Å². The van der Waals surface area contributed by atoms with E-state index in [-0.39, 0.29) is 46.9 Å². The number of hydrogen-bond donors (Lipinski definition) is 0. The van der Waals surface area contributed by atoms with Gasteiger partial charge in [-0.25, -0.2) is 4.79 Å². The van der Waals surface area contributed by atoms with Crippen LogP contribution < -0.4 is 14.2 Å². The number of rotatable bonds is 12. The van der Waals surface area contributed by atoms with Crippen molar-refractivity contribution in [2.75, 3.05) is 52.6 Å². The first-order valence-electron chi connectivity index (χ1n) is 39.7. The molecule has 5 aromatic rings. The topological polar surface area (TPSA) is 88.1 Å². The summed E-state index contributed by atoms with van der Waals surface area (Å²) in [6, 6.07) is 31.4. The summed E-state index contributed by atoms with van der Waals surface area (Å²) >= 11 is 0. The third-order valence-electron chi connectivity index (χ3n) is 26.5. The number of esters is 3. The van der Waals surface area contributed by atoms with Crippen LogP contribution in [0.4, 0.5) is 0 Å². The van der Waals surface area contributed by atoms with Crippen molar-refractivity contribution in [1.29, 1.82) is 0 Å². The van der Waals surface area contributed by atoms with Gasteiger partial charge in [0.1, 0.15) is 69.4 Å². The second kappa shape index (κ2) is 30.2. The minimum Gasteiger partial charge on any atom is -0.481 e. The van der Waals surface area contributed by atoms with Crippen LogP contribution in [-0.4, -0.2) is 76.6 Å². The van der Waals surface area contributed by atoms with E-state index in [1.165, 1.54) is 206 Å². The normalized spacial score (nSPS) is 32.0. The Balaban J connectivity index is 0.000000110. The molecule has 0 aromatic heterocycles. The lowest BCUT2D eigenvalue weighted by Gasteiger charge is -2.55. The predicted molar refractivity (Wildman–Crippen MR) is 413 cm³/mol. The Bertz CT molecular complexity index is 3550. The van der Waals surface area contributed by atoms with Gasteiger partial charge >= 0.3 is 17.9 Å². The van der Waals surface area contributed by atoms with E-state index in [1.807, 2.05) is 0 Å². The fraction of sp³-hybridized carbons (Fsp3) is 0.648. The lowest BCUT2D eigenvalue weighted by molar-refractivity contribution is -0.172. The predicted octanol–water partition coefficient (Wildman–Crippen LogP) is 20.3. The van der Waals surface area contributed by atoms with Gasteiger partial charge in [0, 0.05) is 54.4 Å². The van der Waals surface area contributed by atoms with Crippen molar-refractivity contribution in [1.82, 2.24) is 0 Å². The summed E-state index contributed by atoms with van der Waals surface area (Å²) in [6.07, 6.45) is 35.1. The lowest BCUT2D eigenvalue weighted by Crippen LogP contribution is -2.51.